The van der Waals surface area contributed by atoms with Crippen molar-refractivity contribution in [1.82, 2.24) is 10.3 Å². The average molecular weight is 249 g/mol. The summed E-state index contributed by atoms with van der Waals surface area (Å²) < 4.78 is 4.62. The van der Waals surface area contributed by atoms with Crippen LogP contribution in [0.25, 0.3) is 11.0 Å². The normalized spacial score (nSPS) is 19.6. The highest BCUT2D eigenvalue weighted by atomic mass is 16.6. The highest BCUT2D eigenvalue weighted by molar-refractivity contribution is 5.93. The molecule has 1 fully saturated rings. The van der Waals surface area contributed by atoms with E-state index in [2.05, 4.69) is 14.9 Å². The first-order valence-electron chi connectivity index (χ1n) is 5.57. The Balaban J connectivity index is 2.12. The van der Waals surface area contributed by atoms with Crippen LogP contribution < -0.4 is 10.6 Å². The van der Waals surface area contributed by atoms with E-state index < -0.39 is 4.92 Å². The van der Waals surface area contributed by atoms with Crippen LogP contribution in [0.15, 0.2) is 16.8 Å². The van der Waals surface area contributed by atoms with Gasteiger partial charge in [-0.1, -0.05) is 0 Å². The quantitative estimate of drug-likeness (QED) is 0.614. The topological polar surface area (TPSA) is 111 Å². The van der Waals surface area contributed by atoms with E-state index in [0.717, 1.165) is 18.7 Å². The Morgan fingerprint density at radius 3 is 2.89 bits per heavy atom. The van der Waals surface area contributed by atoms with E-state index in [1.54, 1.807) is 6.07 Å². The summed E-state index contributed by atoms with van der Waals surface area (Å²) in [6.45, 7) is 1.51. The number of nitrogens with zero attached hydrogens (tertiary/aromatic N) is 4. The summed E-state index contributed by atoms with van der Waals surface area (Å²) in [4.78, 5) is 12.4. The summed E-state index contributed by atoms with van der Waals surface area (Å²) in [5.41, 5.74) is 7.13. The molecule has 0 unspecified atom stereocenters. The van der Waals surface area contributed by atoms with Crippen LogP contribution in [0, 0.1) is 10.1 Å². The maximum atomic E-state index is 10.9. The minimum absolute atomic E-state index is 0.0986. The summed E-state index contributed by atoms with van der Waals surface area (Å²) in [6.07, 6.45) is 0.893. The van der Waals surface area contributed by atoms with Gasteiger partial charge in [0.15, 0.2) is 5.52 Å². The molecule has 2 aromatic rings. The van der Waals surface area contributed by atoms with Crippen molar-refractivity contribution in [2.45, 2.75) is 12.5 Å². The predicted octanol–water partition coefficient (Wildman–Crippen LogP) is 0.668. The van der Waals surface area contributed by atoms with Gasteiger partial charge in [-0.2, -0.15) is 0 Å². The van der Waals surface area contributed by atoms with E-state index in [1.165, 1.54) is 6.07 Å². The number of nitro benzene ring substituents is 1. The molecular weight excluding hydrogens is 238 g/mol. The second-order valence-electron chi connectivity index (χ2n) is 4.32. The van der Waals surface area contributed by atoms with Crippen molar-refractivity contribution in [2.75, 3.05) is 18.0 Å². The molecule has 1 saturated heterocycles. The minimum Gasteiger partial charge on any atom is -0.368 e. The molecule has 1 aliphatic heterocycles. The molecule has 2 heterocycles. The zero-order chi connectivity index (χ0) is 12.7. The van der Waals surface area contributed by atoms with Crippen LogP contribution in [0.4, 0.5) is 11.4 Å². The second-order valence-corrected chi connectivity index (χ2v) is 4.32. The number of nitro groups is 1. The van der Waals surface area contributed by atoms with Gasteiger partial charge in [0.25, 0.3) is 0 Å². The summed E-state index contributed by atoms with van der Waals surface area (Å²) in [5, 5.41) is 18.2. The van der Waals surface area contributed by atoms with Crippen LogP contribution in [0.2, 0.25) is 0 Å². The largest absolute Gasteiger partial charge is 0.368 e. The van der Waals surface area contributed by atoms with Crippen molar-refractivity contribution >= 4 is 22.4 Å². The molecule has 1 atom stereocenters. The first kappa shape index (κ1) is 10.9. The second kappa shape index (κ2) is 3.91. The first-order chi connectivity index (χ1) is 8.66. The van der Waals surface area contributed by atoms with Gasteiger partial charge in [-0.3, -0.25) is 10.1 Å². The van der Waals surface area contributed by atoms with Crippen LogP contribution in [-0.4, -0.2) is 34.4 Å². The van der Waals surface area contributed by atoms with Crippen LogP contribution >= 0.6 is 0 Å². The third-order valence-electron chi connectivity index (χ3n) is 3.13. The molecule has 94 valence electrons. The molecule has 3 rings (SSSR count). The van der Waals surface area contributed by atoms with E-state index in [0.29, 0.717) is 12.1 Å². The fourth-order valence-corrected chi connectivity index (χ4v) is 2.25. The molecule has 0 amide bonds. The van der Waals surface area contributed by atoms with Gasteiger partial charge in [0.1, 0.15) is 0 Å². The molecule has 1 aromatic carbocycles. The summed E-state index contributed by atoms with van der Waals surface area (Å²) in [5.74, 6) is 0. The smallest absolute Gasteiger partial charge is 0.300 e. The molecule has 18 heavy (non-hydrogen) atoms. The van der Waals surface area contributed by atoms with Crippen LogP contribution in [0.1, 0.15) is 6.42 Å². The highest BCUT2D eigenvalue weighted by Gasteiger charge is 2.26. The van der Waals surface area contributed by atoms with Gasteiger partial charge < -0.3 is 10.6 Å². The molecular formula is C10H11N5O3. The van der Waals surface area contributed by atoms with Gasteiger partial charge in [0, 0.05) is 25.2 Å². The maximum absolute atomic E-state index is 10.9. The zero-order valence-electron chi connectivity index (χ0n) is 9.44. The lowest BCUT2D eigenvalue weighted by Crippen LogP contribution is -2.26. The van der Waals surface area contributed by atoms with Crippen LogP contribution in [0.5, 0.6) is 0 Å². The molecule has 0 radical (unpaired) electrons. The Labute approximate surface area is 101 Å². The van der Waals surface area contributed by atoms with Crippen molar-refractivity contribution in [3.05, 3.63) is 22.2 Å². The number of aromatic nitrogens is 2. The Morgan fingerprint density at radius 2 is 2.22 bits per heavy atom. The first-order valence-corrected chi connectivity index (χ1v) is 5.57. The standard InChI is InChI=1S/C10H11N5O3/c11-6-3-4-14(5-6)7-1-2-8(15(16)17)10-9(7)12-18-13-10/h1-2,6H,3-5,11H2/t6-/m0/s1. The van der Waals surface area contributed by atoms with E-state index in [1.807, 2.05) is 4.90 Å². The monoisotopic (exact) mass is 249 g/mol. The van der Waals surface area contributed by atoms with E-state index in [4.69, 9.17) is 5.73 Å². The van der Waals surface area contributed by atoms with Crippen molar-refractivity contribution in [3.63, 3.8) is 0 Å². The number of rotatable bonds is 2. The SMILES string of the molecule is N[C@H]1CCN(c2ccc([N+](=O)[O-])c3nonc23)C1. The number of non-ortho nitro benzene ring substituents is 1. The number of anilines is 1. The lowest BCUT2D eigenvalue weighted by Gasteiger charge is -2.17. The molecule has 0 aliphatic carbocycles. The van der Waals surface area contributed by atoms with Gasteiger partial charge in [-0.05, 0) is 22.8 Å². The molecule has 1 aromatic heterocycles. The number of benzene rings is 1. The van der Waals surface area contributed by atoms with E-state index in [-0.39, 0.29) is 17.2 Å². The highest BCUT2D eigenvalue weighted by Crippen LogP contribution is 2.32. The summed E-state index contributed by atoms with van der Waals surface area (Å²) >= 11 is 0. The lowest BCUT2D eigenvalue weighted by molar-refractivity contribution is -0.383. The molecule has 1 aliphatic rings. The molecule has 8 nitrogen and oxygen atoms in total. The number of hydrogen-bond acceptors (Lipinski definition) is 7. The van der Waals surface area contributed by atoms with Gasteiger partial charge in [-0.15, -0.1) is 0 Å². The number of nitrogens with two attached hydrogens (primary N) is 1. The third-order valence-corrected chi connectivity index (χ3v) is 3.13. The van der Waals surface area contributed by atoms with Crippen molar-refractivity contribution in [2.24, 2.45) is 5.73 Å². The fourth-order valence-electron chi connectivity index (χ4n) is 2.25. The van der Waals surface area contributed by atoms with E-state index in [9.17, 15) is 10.1 Å². The van der Waals surface area contributed by atoms with Crippen LogP contribution in [-0.2, 0) is 0 Å². The van der Waals surface area contributed by atoms with Gasteiger partial charge in [0.2, 0.25) is 5.52 Å². The Morgan fingerprint density at radius 1 is 1.44 bits per heavy atom. The zero-order valence-corrected chi connectivity index (χ0v) is 9.44. The molecule has 2 N–H and O–H groups in total. The molecule has 0 bridgehead atoms. The lowest BCUT2D eigenvalue weighted by atomic mass is 10.2. The number of fused-ring (bicyclic) bond motifs is 1. The average Bonchev–Trinajstić information content (AvgIpc) is 2.95. The molecule has 8 heteroatoms. The predicted molar refractivity (Wildman–Crippen MR) is 63.3 cm³/mol. The minimum atomic E-state index is -0.494. The summed E-state index contributed by atoms with van der Waals surface area (Å²) in [6, 6.07) is 3.21. The Bertz CT molecular complexity index is 611. The van der Waals surface area contributed by atoms with Gasteiger partial charge in [-0.25, -0.2) is 4.63 Å². The van der Waals surface area contributed by atoms with E-state index >= 15 is 0 Å². The van der Waals surface area contributed by atoms with Crippen molar-refractivity contribution < 1.29 is 9.55 Å². The Kier molecular flexibility index (Phi) is 2.37. The maximum Gasteiger partial charge on any atom is 0.300 e. The van der Waals surface area contributed by atoms with Crippen molar-refractivity contribution in [3.8, 4) is 0 Å². The third kappa shape index (κ3) is 1.58. The fraction of sp³-hybridized carbons (Fsp3) is 0.400. The van der Waals surface area contributed by atoms with Crippen molar-refractivity contribution in [1.29, 1.82) is 0 Å². The molecule has 0 saturated carbocycles. The van der Waals surface area contributed by atoms with Gasteiger partial charge in [0.05, 0.1) is 10.6 Å². The Hall–Kier alpha value is -2.22. The number of hydrogen-bond donors (Lipinski definition) is 1. The summed E-state index contributed by atoms with van der Waals surface area (Å²) in [7, 11) is 0. The molecule has 0 spiro atoms. The van der Waals surface area contributed by atoms with Crippen LogP contribution in [0.3, 0.4) is 0 Å². The van der Waals surface area contributed by atoms with Gasteiger partial charge >= 0.3 is 5.69 Å².